The third-order valence-electron chi connectivity index (χ3n) is 5.19. The number of methoxy groups -OCH3 is 1. The molecule has 4 atom stereocenters. The third-order valence-corrected chi connectivity index (χ3v) is 6.24. The predicted octanol–water partition coefficient (Wildman–Crippen LogP) is 1.21. The van der Waals surface area contributed by atoms with E-state index in [0.29, 0.717) is 27.9 Å². The Labute approximate surface area is 188 Å². The number of rotatable bonds is 8. The number of fused-ring (bicyclic) bond motifs is 1. The van der Waals surface area contributed by atoms with Gasteiger partial charge in [0.05, 0.1) is 25.5 Å². The SMILES string of the molecule is CCCSc1nc(N/N=C/c2ccccc2OC)c2nnn([C@@H]3C[C@H](O)[C@@H](O)[C@H]3O)c2n1. The van der Waals surface area contributed by atoms with Crippen LogP contribution in [0.5, 0.6) is 5.75 Å². The molecule has 32 heavy (non-hydrogen) atoms. The molecule has 0 spiro atoms. The molecule has 0 amide bonds. The molecule has 170 valence electrons. The van der Waals surface area contributed by atoms with E-state index in [1.807, 2.05) is 24.3 Å². The maximum absolute atomic E-state index is 10.4. The van der Waals surface area contributed by atoms with Crippen LogP contribution in [-0.4, -0.2) is 77.7 Å². The van der Waals surface area contributed by atoms with Crippen LogP contribution in [0.1, 0.15) is 31.4 Å². The lowest BCUT2D eigenvalue weighted by Gasteiger charge is -2.16. The van der Waals surface area contributed by atoms with Crippen molar-refractivity contribution < 1.29 is 20.1 Å². The molecule has 1 aromatic carbocycles. The normalized spacial score (nSPS) is 23.3. The summed E-state index contributed by atoms with van der Waals surface area (Å²) in [5.41, 5.74) is 4.45. The van der Waals surface area contributed by atoms with E-state index in [1.54, 1.807) is 13.3 Å². The van der Waals surface area contributed by atoms with Gasteiger partial charge in [0.2, 0.25) is 0 Å². The fourth-order valence-electron chi connectivity index (χ4n) is 3.53. The zero-order valence-corrected chi connectivity index (χ0v) is 18.5. The van der Waals surface area contributed by atoms with E-state index in [0.717, 1.165) is 17.7 Å². The number of anilines is 1. The maximum atomic E-state index is 10.4. The van der Waals surface area contributed by atoms with Crippen molar-refractivity contribution in [3.05, 3.63) is 29.8 Å². The van der Waals surface area contributed by atoms with Crippen molar-refractivity contribution in [1.29, 1.82) is 0 Å². The average Bonchev–Trinajstić information content (AvgIpc) is 3.34. The third kappa shape index (κ3) is 4.39. The van der Waals surface area contributed by atoms with Gasteiger partial charge in [-0.3, -0.25) is 5.43 Å². The van der Waals surface area contributed by atoms with Crippen molar-refractivity contribution in [1.82, 2.24) is 25.0 Å². The fraction of sp³-hybridized carbons (Fsp3) is 0.450. The summed E-state index contributed by atoms with van der Waals surface area (Å²) in [6.45, 7) is 2.06. The van der Waals surface area contributed by atoms with Crippen molar-refractivity contribution in [2.75, 3.05) is 18.3 Å². The lowest BCUT2D eigenvalue weighted by Crippen LogP contribution is -2.31. The molecule has 2 aromatic heterocycles. The lowest BCUT2D eigenvalue weighted by molar-refractivity contribution is -0.0253. The summed E-state index contributed by atoms with van der Waals surface area (Å²) in [5.74, 6) is 1.86. The van der Waals surface area contributed by atoms with Gasteiger partial charge < -0.3 is 20.1 Å². The van der Waals surface area contributed by atoms with Gasteiger partial charge in [-0.25, -0.2) is 14.6 Å². The molecule has 4 rings (SSSR count). The number of aliphatic hydroxyl groups is 3. The van der Waals surface area contributed by atoms with Crippen LogP contribution >= 0.6 is 11.8 Å². The molecular formula is C20H25N7O4S. The number of aliphatic hydroxyl groups excluding tert-OH is 3. The highest BCUT2D eigenvalue weighted by atomic mass is 32.2. The van der Waals surface area contributed by atoms with Crippen molar-refractivity contribution in [3.8, 4) is 5.75 Å². The van der Waals surface area contributed by atoms with Crippen LogP contribution in [0.15, 0.2) is 34.5 Å². The number of hydrogen-bond donors (Lipinski definition) is 4. The molecule has 0 radical (unpaired) electrons. The summed E-state index contributed by atoms with van der Waals surface area (Å²) in [5, 5.41) is 43.4. The zero-order valence-electron chi connectivity index (χ0n) is 17.7. The molecule has 3 aromatic rings. The summed E-state index contributed by atoms with van der Waals surface area (Å²) in [6.07, 6.45) is -0.791. The van der Waals surface area contributed by atoms with Gasteiger partial charge in [-0.2, -0.15) is 5.10 Å². The van der Waals surface area contributed by atoms with Crippen molar-refractivity contribution in [3.63, 3.8) is 0 Å². The summed E-state index contributed by atoms with van der Waals surface area (Å²) in [7, 11) is 1.59. The summed E-state index contributed by atoms with van der Waals surface area (Å²) in [6, 6.07) is 6.81. The van der Waals surface area contributed by atoms with Crippen molar-refractivity contribution in [2.24, 2.45) is 5.10 Å². The number of ether oxygens (including phenoxy) is 1. The second-order valence-electron chi connectivity index (χ2n) is 7.37. The maximum Gasteiger partial charge on any atom is 0.191 e. The highest BCUT2D eigenvalue weighted by molar-refractivity contribution is 7.99. The first kappa shape index (κ1) is 22.4. The number of hydrazone groups is 1. The molecule has 2 heterocycles. The Morgan fingerprint density at radius 3 is 2.78 bits per heavy atom. The van der Waals surface area contributed by atoms with Crippen LogP contribution < -0.4 is 10.2 Å². The monoisotopic (exact) mass is 459 g/mol. The van der Waals surface area contributed by atoms with E-state index >= 15 is 0 Å². The molecule has 0 saturated heterocycles. The Morgan fingerprint density at radius 1 is 1.25 bits per heavy atom. The molecule has 0 bridgehead atoms. The van der Waals surface area contributed by atoms with Crippen LogP contribution in [0.2, 0.25) is 0 Å². The first-order valence-corrected chi connectivity index (χ1v) is 11.2. The van der Waals surface area contributed by atoms with E-state index in [2.05, 4.69) is 37.7 Å². The highest BCUT2D eigenvalue weighted by Crippen LogP contribution is 2.33. The van der Waals surface area contributed by atoms with E-state index < -0.39 is 24.4 Å². The quantitative estimate of drug-likeness (QED) is 0.167. The Balaban J connectivity index is 1.68. The minimum Gasteiger partial charge on any atom is -0.496 e. The summed E-state index contributed by atoms with van der Waals surface area (Å²) in [4.78, 5) is 9.08. The van der Waals surface area contributed by atoms with Crippen molar-refractivity contribution >= 4 is 35.0 Å². The molecule has 12 heteroatoms. The number of benzene rings is 1. The first-order chi connectivity index (χ1) is 15.5. The van der Waals surface area contributed by atoms with Gasteiger partial charge in [0, 0.05) is 17.7 Å². The number of nitrogens with one attached hydrogen (secondary N) is 1. The van der Waals surface area contributed by atoms with Gasteiger partial charge in [-0.15, -0.1) is 5.10 Å². The van der Waals surface area contributed by atoms with Gasteiger partial charge in [0.25, 0.3) is 0 Å². The minimum atomic E-state index is -1.25. The largest absolute Gasteiger partial charge is 0.496 e. The topological polar surface area (TPSA) is 151 Å². The van der Waals surface area contributed by atoms with Crippen LogP contribution in [0.4, 0.5) is 5.82 Å². The van der Waals surface area contributed by atoms with Gasteiger partial charge >= 0.3 is 0 Å². The highest BCUT2D eigenvalue weighted by Gasteiger charge is 2.43. The number of para-hydroxylation sites is 1. The van der Waals surface area contributed by atoms with E-state index in [4.69, 9.17) is 4.74 Å². The lowest BCUT2D eigenvalue weighted by atomic mass is 10.2. The summed E-state index contributed by atoms with van der Waals surface area (Å²) >= 11 is 1.48. The van der Waals surface area contributed by atoms with Crippen LogP contribution in [0.3, 0.4) is 0 Å². The molecule has 1 aliphatic rings. The number of thioether (sulfide) groups is 1. The van der Waals surface area contributed by atoms with Crippen LogP contribution in [-0.2, 0) is 0 Å². The Bertz CT molecular complexity index is 1110. The minimum absolute atomic E-state index is 0.136. The summed E-state index contributed by atoms with van der Waals surface area (Å²) < 4.78 is 6.77. The van der Waals surface area contributed by atoms with Gasteiger partial charge in [-0.1, -0.05) is 36.0 Å². The predicted molar refractivity (Wildman–Crippen MR) is 120 cm³/mol. The van der Waals surface area contributed by atoms with E-state index in [-0.39, 0.29) is 6.42 Å². The van der Waals surface area contributed by atoms with Crippen LogP contribution in [0, 0.1) is 0 Å². The molecule has 1 saturated carbocycles. The van der Waals surface area contributed by atoms with Crippen LogP contribution in [0.25, 0.3) is 11.2 Å². The molecule has 4 N–H and O–H groups in total. The standard InChI is InChI=1S/C20H25N7O4S/c1-3-8-32-20-22-18(25-21-10-11-6-4-5-7-14(11)31-2)15-19(23-20)27(26-24-15)12-9-13(28)17(30)16(12)29/h4-7,10,12-13,16-17,28-30H,3,8-9H2,1-2H3,(H,22,23,25)/b21-10+/t12-,13+,16+,17-/m1/s1. The number of aromatic nitrogens is 5. The smallest absolute Gasteiger partial charge is 0.191 e. The molecular weight excluding hydrogens is 434 g/mol. The Morgan fingerprint density at radius 2 is 2.06 bits per heavy atom. The molecule has 0 unspecified atom stereocenters. The van der Waals surface area contributed by atoms with Gasteiger partial charge in [-0.05, 0) is 18.6 Å². The second kappa shape index (κ2) is 9.77. The number of hydrogen-bond acceptors (Lipinski definition) is 11. The van der Waals surface area contributed by atoms with E-state index in [1.165, 1.54) is 16.4 Å². The van der Waals surface area contributed by atoms with Crippen molar-refractivity contribution in [2.45, 2.75) is 49.3 Å². The zero-order chi connectivity index (χ0) is 22.7. The second-order valence-corrected chi connectivity index (χ2v) is 8.44. The number of nitrogens with zero attached hydrogens (tertiary/aromatic N) is 6. The Kier molecular flexibility index (Phi) is 6.84. The van der Waals surface area contributed by atoms with Gasteiger partial charge in [0.15, 0.2) is 22.1 Å². The molecule has 1 aliphatic carbocycles. The first-order valence-electron chi connectivity index (χ1n) is 10.3. The Hall–Kier alpha value is -2.80. The molecule has 0 aliphatic heterocycles. The average molecular weight is 460 g/mol. The fourth-order valence-corrected chi connectivity index (χ4v) is 4.22. The van der Waals surface area contributed by atoms with Gasteiger partial charge in [0.1, 0.15) is 18.0 Å². The molecule has 1 fully saturated rings. The van der Waals surface area contributed by atoms with E-state index in [9.17, 15) is 15.3 Å². The molecule has 11 nitrogen and oxygen atoms in total.